The van der Waals surface area contributed by atoms with E-state index in [1.807, 2.05) is 0 Å². The summed E-state index contributed by atoms with van der Waals surface area (Å²) in [5.41, 5.74) is 4.67. The average molecular weight is 365 g/mol. The van der Waals surface area contributed by atoms with E-state index in [0.717, 1.165) is 11.0 Å². The molecule has 0 aliphatic rings. The van der Waals surface area contributed by atoms with Crippen molar-refractivity contribution < 1.29 is 0 Å². The molecule has 1 heterocycles. The van der Waals surface area contributed by atoms with Gasteiger partial charge >= 0.3 is 0 Å². The number of rotatable bonds is 2. The molecular formula is C25H20NP. The standard InChI is InChI=1S/C25H20NP/c1-27(2)19-14-11-18(12-15-19)24-21-9-5-6-10-23(21)26-25-20-8-4-3-7-17(20)13-16-22(24)25/h3-16H,1-2H3. The van der Waals surface area contributed by atoms with Gasteiger partial charge in [-0.15, -0.1) is 0 Å². The van der Waals surface area contributed by atoms with Crippen LogP contribution in [0.1, 0.15) is 0 Å². The van der Waals surface area contributed by atoms with Crippen LogP contribution in [0.3, 0.4) is 0 Å². The minimum atomic E-state index is -0.0819. The Morgan fingerprint density at radius 3 is 2.11 bits per heavy atom. The van der Waals surface area contributed by atoms with Gasteiger partial charge in [-0.05, 0) is 35.7 Å². The van der Waals surface area contributed by atoms with Gasteiger partial charge in [-0.2, -0.15) is 0 Å². The molecule has 0 spiro atoms. The summed E-state index contributed by atoms with van der Waals surface area (Å²) in [6, 6.07) is 30.5. The number of aromatic nitrogens is 1. The lowest BCUT2D eigenvalue weighted by Gasteiger charge is -2.14. The zero-order valence-electron chi connectivity index (χ0n) is 15.5. The molecule has 0 radical (unpaired) electrons. The summed E-state index contributed by atoms with van der Waals surface area (Å²) < 4.78 is 0. The molecule has 0 amide bonds. The molecule has 0 N–H and O–H groups in total. The molecule has 0 aliphatic heterocycles. The quantitative estimate of drug-likeness (QED) is 0.196. The van der Waals surface area contributed by atoms with Gasteiger partial charge in [0.05, 0.1) is 11.0 Å². The topological polar surface area (TPSA) is 12.9 Å². The third-order valence-electron chi connectivity index (χ3n) is 5.25. The fourth-order valence-electron chi connectivity index (χ4n) is 3.86. The number of para-hydroxylation sites is 1. The zero-order valence-corrected chi connectivity index (χ0v) is 16.4. The van der Waals surface area contributed by atoms with Crippen LogP contribution >= 0.6 is 7.92 Å². The van der Waals surface area contributed by atoms with E-state index >= 15 is 0 Å². The van der Waals surface area contributed by atoms with E-state index < -0.39 is 0 Å². The number of hydrogen-bond acceptors (Lipinski definition) is 1. The van der Waals surface area contributed by atoms with E-state index in [1.54, 1.807) is 0 Å². The number of nitrogens with zero attached hydrogens (tertiary/aromatic N) is 1. The van der Waals surface area contributed by atoms with E-state index in [0.29, 0.717) is 0 Å². The van der Waals surface area contributed by atoms with Gasteiger partial charge < -0.3 is 0 Å². The molecule has 0 saturated carbocycles. The summed E-state index contributed by atoms with van der Waals surface area (Å²) in [7, 11) is -0.0819. The molecule has 130 valence electrons. The van der Waals surface area contributed by atoms with Gasteiger partial charge in [-0.25, -0.2) is 4.98 Å². The molecule has 0 fully saturated rings. The lowest BCUT2D eigenvalue weighted by atomic mass is 9.94. The smallest absolute Gasteiger partial charge is 0.0794 e. The highest BCUT2D eigenvalue weighted by Gasteiger charge is 2.13. The van der Waals surface area contributed by atoms with Gasteiger partial charge in [0.15, 0.2) is 0 Å². The number of hydrogen-bond donors (Lipinski definition) is 0. The fraction of sp³-hybridized carbons (Fsp3) is 0.0800. The lowest BCUT2D eigenvalue weighted by molar-refractivity contribution is 1.51. The summed E-state index contributed by atoms with van der Waals surface area (Å²) in [6.45, 7) is 4.60. The Morgan fingerprint density at radius 2 is 1.33 bits per heavy atom. The van der Waals surface area contributed by atoms with Gasteiger partial charge in [0.2, 0.25) is 0 Å². The Bertz CT molecular complexity index is 1290. The molecule has 5 rings (SSSR count). The second-order valence-electron chi connectivity index (χ2n) is 7.13. The average Bonchev–Trinajstić information content (AvgIpc) is 2.72. The van der Waals surface area contributed by atoms with Gasteiger partial charge in [-0.3, -0.25) is 0 Å². The molecule has 2 heteroatoms. The highest BCUT2D eigenvalue weighted by Crippen LogP contribution is 2.37. The van der Waals surface area contributed by atoms with Crippen LogP contribution in [0, 0.1) is 0 Å². The summed E-state index contributed by atoms with van der Waals surface area (Å²) >= 11 is 0. The molecule has 0 saturated heterocycles. The predicted molar refractivity (Wildman–Crippen MR) is 121 cm³/mol. The normalized spacial score (nSPS) is 11.7. The zero-order chi connectivity index (χ0) is 18.4. The Morgan fingerprint density at radius 1 is 0.630 bits per heavy atom. The van der Waals surface area contributed by atoms with E-state index in [2.05, 4.69) is 98.3 Å². The molecular weight excluding hydrogens is 345 g/mol. The van der Waals surface area contributed by atoms with Gasteiger partial charge in [0, 0.05) is 21.7 Å². The van der Waals surface area contributed by atoms with Gasteiger partial charge in [0.25, 0.3) is 0 Å². The summed E-state index contributed by atoms with van der Waals surface area (Å²) in [5.74, 6) is 0. The first kappa shape index (κ1) is 16.4. The van der Waals surface area contributed by atoms with Crippen molar-refractivity contribution in [2.75, 3.05) is 13.3 Å². The SMILES string of the molecule is CP(C)c1ccc(-c2c3ccccc3nc3c2ccc2ccccc23)cc1. The summed E-state index contributed by atoms with van der Waals surface area (Å²) in [4.78, 5) is 5.04. The van der Waals surface area contributed by atoms with Crippen molar-refractivity contribution in [2.24, 2.45) is 0 Å². The fourth-order valence-corrected chi connectivity index (χ4v) is 4.61. The minimum Gasteiger partial charge on any atom is -0.247 e. The number of benzene rings is 4. The maximum absolute atomic E-state index is 5.04. The van der Waals surface area contributed by atoms with Crippen LogP contribution < -0.4 is 5.30 Å². The van der Waals surface area contributed by atoms with E-state index in [1.165, 1.54) is 38.0 Å². The molecule has 1 nitrogen and oxygen atoms in total. The van der Waals surface area contributed by atoms with Gasteiger partial charge in [-0.1, -0.05) is 86.8 Å². The first-order valence-corrected chi connectivity index (χ1v) is 11.4. The van der Waals surface area contributed by atoms with Crippen LogP contribution in [-0.2, 0) is 0 Å². The maximum atomic E-state index is 5.04. The Balaban J connectivity index is 1.91. The lowest BCUT2D eigenvalue weighted by Crippen LogP contribution is -1.98. The van der Waals surface area contributed by atoms with Crippen molar-refractivity contribution in [2.45, 2.75) is 0 Å². The van der Waals surface area contributed by atoms with Crippen molar-refractivity contribution in [3.63, 3.8) is 0 Å². The molecule has 27 heavy (non-hydrogen) atoms. The van der Waals surface area contributed by atoms with Gasteiger partial charge in [0.1, 0.15) is 0 Å². The Hall–Kier alpha value is -2.76. The third kappa shape index (κ3) is 2.71. The largest absolute Gasteiger partial charge is 0.247 e. The van der Waals surface area contributed by atoms with Crippen molar-refractivity contribution in [1.29, 1.82) is 0 Å². The van der Waals surface area contributed by atoms with Crippen LogP contribution in [-0.4, -0.2) is 18.3 Å². The second kappa shape index (κ2) is 6.44. The Kier molecular flexibility index (Phi) is 3.92. The van der Waals surface area contributed by atoms with Crippen LogP contribution in [0.2, 0.25) is 0 Å². The van der Waals surface area contributed by atoms with Crippen LogP contribution in [0.25, 0.3) is 43.7 Å². The highest BCUT2D eigenvalue weighted by atomic mass is 31.1. The molecule has 0 atom stereocenters. The van der Waals surface area contributed by atoms with Crippen LogP contribution in [0.15, 0.2) is 84.9 Å². The monoisotopic (exact) mass is 365 g/mol. The van der Waals surface area contributed by atoms with Crippen molar-refractivity contribution >= 4 is 45.8 Å². The van der Waals surface area contributed by atoms with Crippen LogP contribution in [0.5, 0.6) is 0 Å². The minimum absolute atomic E-state index is 0.0819. The highest BCUT2D eigenvalue weighted by molar-refractivity contribution is 7.64. The molecule has 0 aliphatic carbocycles. The molecule has 5 aromatic rings. The predicted octanol–water partition coefficient (Wildman–Crippen LogP) is 6.58. The first-order chi connectivity index (χ1) is 13.2. The first-order valence-electron chi connectivity index (χ1n) is 9.20. The van der Waals surface area contributed by atoms with Crippen molar-refractivity contribution in [3.05, 3.63) is 84.9 Å². The van der Waals surface area contributed by atoms with E-state index in [9.17, 15) is 0 Å². The molecule has 4 aromatic carbocycles. The van der Waals surface area contributed by atoms with E-state index in [-0.39, 0.29) is 7.92 Å². The summed E-state index contributed by atoms with van der Waals surface area (Å²) in [6.07, 6.45) is 0. The maximum Gasteiger partial charge on any atom is 0.0794 e. The van der Waals surface area contributed by atoms with Crippen molar-refractivity contribution in [3.8, 4) is 11.1 Å². The number of pyridine rings is 1. The second-order valence-corrected chi connectivity index (χ2v) is 9.43. The molecule has 0 unspecified atom stereocenters. The Labute approximate surface area is 160 Å². The molecule has 1 aromatic heterocycles. The van der Waals surface area contributed by atoms with E-state index in [4.69, 9.17) is 4.98 Å². The third-order valence-corrected chi connectivity index (χ3v) is 6.58. The summed E-state index contributed by atoms with van der Waals surface area (Å²) in [5, 5.41) is 6.31. The molecule has 0 bridgehead atoms. The number of fused-ring (bicyclic) bond motifs is 4. The van der Waals surface area contributed by atoms with Crippen LogP contribution in [0.4, 0.5) is 0 Å². The van der Waals surface area contributed by atoms with Crippen molar-refractivity contribution in [1.82, 2.24) is 4.98 Å².